The molecule has 21 heavy (non-hydrogen) atoms. The molecule has 1 rings (SSSR count). The number of aromatic nitrogens is 3. The Morgan fingerprint density at radius 3 is 2.38 bits per heavy atom. The van der Waals surface area contributed by atoms with Gasteiger partial charge in [-0.05, 0) is 20.3 Å². The predicted octanol–water partition coefficient (Wildman–Crippen LogP) is 0.569. The topological polar surface area (TPSA) is 95.4 Å². The van der Waals surface area contributed by atoms with E-state index in [-0.39, 0.29) is 12.6 Å². The molecule has 0 aliphatic rings. The second-order valence-electron chi connectivity index (χ2n) is 4.51. The first kappa shape index (κ1) is 17.4. The average Bonchev–Trinajstić information content (AvgIpc) is 2.49. The van der Waals surface area contributed by atoms with E-state index in [1.165, 1.54) is 0 Å². The quantitative estimate of drug-likeness (QED) is 0.577. The third-order valence-corrected chi connectivity index (χ3v) is 3.07. The Balaban J connectivity index is 2.96. The highest BCUT2D eigenvalue weighted by Gasteiger charge is 2.14. The van der Waals surface area contributed by atoms with Gasteiger partial charge in [-0.25, -0.2) is 0 Å². The second kappa shape index (κ2) is 9.30. The van der Waals surface area contributed by atoms with E-state index in [9.17, 15) is 0 Å². The molecule has 0 fully saturated rings. The van der Waals surface area contributed by atoms with Gasteiger partial charge in [0.15, 0.2) is 0 Å². The largest absolute Gasteiger partial charge is 0.396 e. The lowest BCUT2D eigenvalue weighted by atomic mass is 10.2. The maximum Gasteiger partial charge on any atom is 0.231 e. The van der Waals surface area contributed by atoms with Crippen LogP contribution in [0.1, 0.15) is 20.3 Å². The van der Waals surface area contributed by atoms with Crippen LogP contribution >= 0.6 is 0 Å². The number of nitrogens with zero attached hydrogens (tertiary/aromatic N) is 4. The number of hydrogen-bond acceptors (Lipinski definition) is 8. The Kier molecular flexibility index (Phi) is 7.70. The van der Waals surface area contributed by atoms with E-state index in [2.05, 4.69) is 39.4 Å². The van der Waals surface area contributed by atoms with Crippen LogP contribution in [0.2, 0.25) is 0 Å². The Morgan fingerprint density at radius 1 is 1.19 bits per heavy atom. The third-order valence-electron chi connectivity index (χ3n) is 3.07. The molecule has 0 amide bonds. The van der Waals surface area contributed by atoms with Crippen LogP contribution in [0.5, 0.6) is 0 Å². The second-order valence-corrected chi connectivity index (χ2v) is 4.51. The van der Waals surface area contributed by atoms with Crippen molar-refractivity contribution in [2.45, 2.75) is 26.3 Å². The average molecular weight is 298 g/mol. The molecule has 120 valence electrons. The molecule has 0 aromatic carbocycles. The van der Waals surface area contributed by atoms with E-state index in [1.807, 2.05) is 4.90 Å². The van der Waals surface area contributed by atoms with E-state index in [0.29, 0.717) is 30.9 Å². The summed E-state index contributed by atoms with van der Waals surface area (Å²) < 4.78 is 5.13. The predicted molar refractivity (Wildman–Crippen MR) is 83.9 cm³/mol. The van der Waals surface area contributed by atoms with Crippen molar-refractivity contribution in [3.63, 3.8) is 0 Å². The molecular weight excluding hydrogens is 272 g/mol. The Labute approximate surface area is 126 Å². The van der Waals surface area contributed by atoms with Gasteiger partial charge in [0.1, 0.15) is 0 Å². The number of rotatable bonds is 10. The number of methoxy groups -OCH3 is 1. The molecule has 0 aliphatic carbocycles. The first-order valence-electron chi connectivity index (χ1n) is 7.23. The fraction of sp³-hybridized carbons (Fsp3) is 0.769. The first-order valence-corrected chi connectivity index (χ1v) is 7.23. The zero-order valence-corrected chi connectivity index (χ0v) is 13.3. The summed E-state index contributed by atoms with van der Waals surface area (Å²) in [5.74, 6) is 1.61. The van der Waals surface area contributed by atoms with Crippen LogP contribution in [-0.2, 0) is 4.74 Å². The van der Waals surface area contributed by atoms with Crippen LogP contribution in [0, 0.1) is 0 Å². The molecule has 0 aliphatic heterocycles. The van der Waals surface area contributed by atoms with E-state index < -0.39 is 0 Å². The van der Waals surface area contributed by atoms with Crippen molar-refractivity contribution in [2.24, 2.45) is 0 Å². The number of aliphatic hydroxyl groups is 1. The normalized spacial score (nSPS) is 12.0. The minimum absolute atomic E-state index is 0.0448. The number of anilines is 3. The van der Waals surface area contributed by atoms with Crippen molar-refractivity contribution >= 4 is 17.8 Å². The van der Waals surface area contributed by atoms with Crippen molar-refractivity contribution in [2.75, 3.05) is 56.0 Å². The monoisotopic (exact) mass is 298 g/mol. The van der Waals surface area contributed by atoms with Crippen LogP contribution < -0.4 is 15.5 Å². The number of hydrogen-bond donors (Lipinski definition) is 3. The molecule has 1 heterocycles. The molecule has 0 bridgehead atoms. The highest BCUT2D eigenvalue weighted by atomic mass is 16.5. The van der Waals surface area contributed by atoms with Gasteiger partial charge in [-0.3, -0.25) is 0 Å². The molecule has 8 nitrogen and oxygen atoms in total. The molecule has 1 atom stereocenters. The summed E-state index contributed by atoms with van der Waals surface area (Å²) >= 11 is 0. The minimum Gasteiger partial charge on any atom is -0.396 e. The number of aliphatic hydroxyl groups excluding tert-OH is 1. The lowest BCUT2D eigenvalue weighted by Gasteiger charge is -2.21. The van der Waals surface area contributed by atoms with Crippen molar-refractivity contribution in [3.05, 3.63) is 0 Å². The van der Waals surface area contributed by atoms with Gasteiger partial charge in [0, 0.05) is 33.9 Å². The molecular formula is C13H26N6O2. The lowest BCUT2D eigenvalue weighted by Crippen LogP contribution is -2.29. The Morgan fingerprint density at radius 2 is 1.86 bits per heavy atom. The maximum absolute atomic E-state index is 9.09. The van der Waals surface area contributed by atoms with Gasteiger partial charge in [-0.15, -0.1) is 0 Å². The third kappa shape index (κ3) is 5.31. The first-order chi connectivity index (χ1) is 10.2. The zero-order valence-electron chi connectivity index (χ0n) is 13.3. The molecule has 0 saturated heterocycles. The summed E-state index contributed by atoms with van der Waals surface area (Å²) in [6.45, 7) is 6.30. The van der Waals surface area contributed by atoms with Gasteiger partial charge in [0.05, 0.1) is 12.6 Å². The summed E-state index contributed by atoms with van der Waals surface area (Å²) in [7, 11) is 3.39. The molecule has 1 aromatic rings. The van der Waals surface area contributed by atoms with E-state index in [1.54, 1.807) is 14.2 Å². The highest BCUT2D eigenvalue weighted by Crippen LogP contribution is 2.14. The van der Waals surface area contributed by atoms with Gasteiger partial charge >= 0.3 is 0 Å². The van der Waals surface area contributed by atoms with Gasteiger partial charge < -0.3 is 25.4 Å². The van der Waals surface area contributed by atoms with Crippen molar-refractivity contribution < 1.29 is 9.84 Å². The van der Waals surface area contributed by atoms with Crippen molar-refractivity contribution in [3.8, 4) is 0 Å². The molecule has 3 N–H and O–H groups in total. The molecule has 1 aromatic heterocycles. The Hall–Kier alpha value is -1.67. The summed E-state index contributed by atoms with van der Waals surface area (Å²) in [6, 6.07) is -0.0448. The Bertz CT molecular complexity index is 408. The van der Waals surface area contributed by atoms with Gasteiger partial charge in [0.2, 0.25) is 17.8 Å². The molecule has 0 radical (unpaired) electrons. The summed E-state index contributed by atoms with van der Waals surface area (Å²) in [5, 5.41) is 15.2. The SMILES string of the molecule is CCN(CC)c1nc(NC)nc(NC(CCO)COC)n1. The van der Waals surface area contributed by atoms with E-state index in [4.69, 9.17) is 9.84 Å². The van der Waals surface area contributed by atoms with Crippen molar-refractivity contribution in [1.29, 1.82) is 0 Å². The van der Waals surface area contributed by atoms with Crippen molar-refractivity contribution in [1.82, 2.24) is 15.0 Å². The van der Waals surface area contributed by atoms with Gasteiger partial charge in [-0.1, -0.05) is 0 Å². The number of ether oxygens (including phenoxy) is 1. The smallest absolute Gasteiger partial charge is 0.231 e. The van der Waals surface area contributed by atoms with E-state index in [0.717, 1.165) is 13.1 Å². The molecule has 0 spiro atoms. The summed E-state index contributed by atoms with van der Waals surface area (Å²) in [4.78, 5) is 15.2. The van der Waals surface area contributed by atoms with Crippen LogP contribution in [0.4, 0.5) is 17.8 Å². The van der Waals surface area contributed by atoms with Crippen LogP contribution in [0.15, 0.2) is 0 Å². The zero-order chi connectivity index (χ0) is 15.7. The summed E-state index contributed by atoms with van der Waals surface area (Å²) in [6.07, 6.45) is 0.564. The summed E-state index contributed by atoms with van der Waals surface area (Å²) in [5.41, 5.74) is 0. The lowest BCUT2D eigenvalue weighted by molar-refractivity contribution is 0.170. The molecule has 0 saturated carbocycles. The highest BCUT2D eigenvalue weighted by molar-refractivity contribution is 5.43. The van der Waals surface area contributed by atoms with Crippen LogP contribution in [0.3, 0.4) is 0 Å². The van der Waals surface area contributed by atoms with E-state index >= 15 is 0 Å². The fourth-order valence-corrected chi connectivity index (χ4v) is 1.93. The van der Waals surface area contributed by atoms with Crippen LogP contribution in [-0.4, -0.2) is 66.6 Å². The molecule has 1 unspecified atom stereocenters. The fourth-order valence-electron chi connectivity index (χ4n) is 1.93. The van der Waals surface area contributed by atoms with Gasteiger partial charge in [-0.2, -0.15) is 15.0 Å². The van der Waals surface area contributed by atoms with Gasteiger partial charge in [0.25, 0.3) is 0 Å². The number of nitrogens with one attached hydrogen (secondary N) is 2. The standard InChI is InChI=1S/C13H26N6O2/c1-5-19(6-2)13-17-11(14-3)16-12(18-13)15-10(7-8-20)9-21-4/h10,20H,5-9H2,1-4H3,(H2,14,15,16,17,18). The van der Waals surface area contributed by atoms with Crippen LogP contribution in [0.25, 0.3) is 0 Å². The minimum atomic E-state index is -0.0448. The molecule has 8 heteroatoms. The maximum atomic E-state index is 9.09.